The number of rotatable bonds is 8. The summed E-state index contributed by atoms with van der Waals surface area (Å²) in [4.78, 5) is 84.6. The van der Waals surface area contributed by atoms with Crippen LogP contribution in [0.4, 0.5) is 10.5 Å². The fourth-order valence-corrected chi connectivity index (χ4v) is 8.02. The lowest BCUT2D eigenvalue weighted by Crippen LogP contribution is -2.54. The van der Waals surface area contributed by atoms with E-state index < -0.39 is 71.1 Å². The van der Waals surface area contributed by atoms with Crippen molar-refractivity contribution in [2.75, 3.05) is 19.5 Å². The van der Waals surface area contributed by atoms with Crippen molar-refractivity contribution in [3.8, 4) is 39.9 Å². The van der Waals surface area contributed by atoms with Crippen LogP contribution in [0.2, 0.25) is 10.0 Å². The van der Waals surface area contributed by atoms with Gasteiger partial charge in [0.2, 0.25) is 23.6 Å². The number of nitrogens with one attached hydrogen (secondary N) is 4. The number of esters is 1. The molecule has 7 rings (SSSR count). The largest absolute Gasteiger partial charge is 0.508 e. The molecule has 5 aromatic carbocycles. The highest BCUT2D eigenvalue weighted by Crippen LogP contribution is 2.44. The second kappa shape index (κ2) is 20.9. The van der Waals surface area contributed by atoms with Crippen molar-refractivity contribution in [3.05, 3.63) is 128 Å². The van der Waals surface area contributed by atoms with Crippen LogP contribution < -0.4 is 26.0 Å². The van der Waals surface area contributed by atoms with E-state index in [9.17, 15) is 34.5 Å². The fraction of sp³-hybridized carbons (Fsp3) is 0.250. The number of phenols is 3. The van der Waals surface area contributed by atoms with E-state index in [0.717, 1.165) is 12.0 Å². The van der Waals surface area contributed by atoms with Gasteiger partial charge in [0.15, 0.2) is 23.3 Å². The maximum absolute atomic E-state index is 15.1. The third kappa shape index (κ3) is 11.9. The smallest absolute Gasteiger partial charge is 0.408 e. The lowest BCUT2D eigenvalue weighted by molar-refractivity contribution is -0.147. The fourth-order valence-electron chi connectivity index (χ4n) is 7.17. The number of nitrogens with zero attached hydrogens (tertiary/aromatic N) is 1. The Hall–Kier alpha value is -7.02. The molecule has 0 aromatic heterocycles. The van der Waals surface area contributed by atoms with Crippen molar-refractivity contribution in [1.29, 1.82) is 0 Å². The van der Waals surface area contributed by atoms with Gasteiger partial charge in [-0.05, 0) is 125 Å². The zero-order valence-electron chi connectivity index (χ0n) is 37.3. The summed E-state index contributed by atoms with van der Waals surface area (Å²) < 4.78 is 17.4. The molecule has 0 fully saturated rings. The number of phenolic OH excluding ortho intramolecular Hbond substituents is 3. The second-order valence-electron chi connectivity index (χ2n) is 16.6. The van der Waals surface area contributed by atoms with E-state index in [1.807, 2.05) is 0 Å². The van der Waals surface area contributed by atoms with Crippen LogP contribution in [0, 0.1) is 0 Å². The molecule has 4 atom stereocenters. The number of carbonyl (C=O) groups is 6. The molecule has 0 saturated heterocycles. The number of aromatic hydroxyl groups is 3. The summed E-state index contributed by atoms with van der Waals surface area (Å²) in [6, 6.07) is 15.3. The normalized spacial score (nSPS) is 16.7. The molecule has 4 bridgehead atoms. The molecule has 2 heterocycles. The van der Waals surface area contributed by atoms with Crippen LogP contribution in [0.15, 0.2) is 95.5 Å². The first-order chi connectivity index (χ1) is 32.0. The van der Waals surface area contributed by atoms with Crippen LogP contribution in [0.1, 0.15) is 68.1 Å². The molecule has 5 aromatic rings. The Morgan fingerprint density at radius 3 is 2.13 bits per heavy atom. The average Bonchev–Trinajstić information content (AvgIpc) is 3.27. The second-order valence-corrected chi connectivity index (χ2v) is 18.3. The van der Waals surface area contributed by atoms with Crippen LogP contribution in [0.5, 0.6) is 28.7 Å². The molecule has 0 aliphatic carbocycles. The minimum absolute atomic E-state index is 0.00512. The van der Waals surface area contributed by atoms with Gasteiger partial charge < -0.3 is 55.7 Å². The molecule has 0 unspecified atom stereocenters. The lowest BCUT2D eigenvalue weighted by Gasteiger charge is -2.33. The zero-order chi connectivity index (χ0) is 49.8. The molecule has 68 heavy (non-hydrogen) atoms. The highest BCUT2D eigenvalue weighted by molar-refractivity contribution is 9.10. The summed E-state index contributed by atoms with van der Waals surface area (Å²) in [6.07, 6.45) is -1.25. The van der Waals surface area contributed by atoms with Crippen LogP contribution in [-0.4, -0.2) is 81.7 Å². The van der Waals surface area contributed by atoms with Gasteiger partial charge >= 0.3 is 12.1 Å². The number of likely N-dealkylation sites (N-methyl/N-ethyl adjacent to an activating group) is 1. The van der Waals surface area contributed by atoms with E-state index in [-0.39, 0.29) is 61.9 Å². The predicted octanol–water partition coefficient (Wildman–Crippen LogP) is 8.13. The lowest BCUT2D eigenvalue weighted by atomic mass is 9.95. The number of hydrogen-bond donors (Lipinski definition) is 7. The zero-order valence-corrected chi connectivity index (χ0v) is 40.4. The molecule has 20 heteroatoms. The molecular formula is C48H46BrCl2N5O12. The molecule has 0 radical (unpaired) electrons. The standard InChI is InChI=1S/C48H46BrCl2N5O12/c1-23(57)52-35-21-26(11-16-32(35)49)31-18-27-22-37(41(31)59)67-30-14-7-24(8-15-30)17-36(43(61)54-40(46(64)66-6)25-9-12-29(58)13-10-25)56(5)45(63)39(28-19-33(50)42(60)34(51)20-28)53-44(62)38(27)55-47(65)68-48(2,3)4/h7-16,18-22,36,38-40,58-60H,17H2,1-6H3,(H,52,57)(H,53,62)(H,54,61)(H,55,65)/t36-,38+,39+,40+/m0/s1. The molecule has 5 amide bonds. The molecule has 2 aliphatic heterocycles. The van der Waals surface area contributed by atoms with Crippen LogP contribution in [0.3, 0.4) is 0 Å². The SMILES string of the molecule is COC(=O)[C@H](NC(=O)[C@@H]1Cc2ccc(cc2)Oc2cc(cc(-c3ccc(Br)c(NC(C)=O)c3)c2O)[C@@H](NC(=O)OC(C)(C)C)C(=O)N[C@H](c2cc(Cl)c(O)c(Cl)c2)C(=O)N1C)c1ccc(O)cc1. The molecule has 17 nitrogen and oxygen atoms in total. The topological polar surface area (TPSA) is 242 Å². The molecule has 356 valence electrons. The summed E-state index contributed by atoms with van der Waals surface area (Å²) >= 11 is 16.2. The maximum atomic E-state index is 15.1. The van der Waals surface area contributed by atoms with Crippen molar-refractivity contribution in [2.24, 2.45) is 0 Å². The molecule has 0 spiro atoms. The number of alkyl carbamates (subject to hydrolysis) is 1. The van der Waals surface area contributed by atoms with Crippen LogP contribution in [0.25, 0.3) is 11.1 Å². The van der Waals surface area contributed by atoms with Gasteiger partial charge in [-0.15, -0.1) is 0 Å². The Bertz CT molecular complexity index is 2760. The van der Waals surface area contributed by atoms with Gasteiger partial charge in [-0.2, -0.15) is 0 Å². The van der Waals surface area contributed by atoms with E-state index in [4.69, 9.17) is 37.4 Å². The van der Waals surface area contributed by atoms with Gasteiger partial charge in [-0.3, -0.25) is 19.2 Å². The Morgan fingerprint density at radius 1 is 0.882 bits per heavy atom. The minimum Gasteiger partial charge on any atom is -0.508 e. The number of methoxy groups -OCH3 is 1. The number of anilines is 1. The van der Waals surface area contributed by atoms with Crippen molar-refractivity contribution in [2.45, 2.75) is 63.9 Å². The molecular weight excluding hydrogens is 989 g/mol. The van der Waals surface area contributed by atoms with E-state index in [1.54, 1.807) is 63.2 Å². The molecule has 0 saturated carbocycles. The number of hydrogen-bond acceptors (Lipinski definition) is 12. The van der Waals surface area contributed by atoms with Gasteiger partial charge in [0.1, 0.15) is 35.2 Å². The summed E-state index contributed by atoms with van der Waals surface area (Å²) in [5, 5.41) is 42.4. The Morgan fingerprint density at radius 2 is 1.53 bits per heavy atom. The first kappa shape index (κ1) is 50.4. The summed E-state index contributed by atoms with van der Waals surface area (Å²) in [5.74, 6) is -5.08. The highest BCUT2D eigenvalue weighted by Gasteiger charge is 2.38. The summed E-state index contributed by atoms with van der Waals surface area (Å²) in [7, 11) is 2.42. The molecule has 2 aliphatic rings. The number of benzene rings is 5. The third-order valence-electron chi connectivity index (χ3n) is 10.5. The Labute approximate surface area is 408 Å². The highest BCUT2D eigenvalue weighted by atomic mass is 79.9. The first-order valence-corrected chi connectivity index (χ1v) is 22.2. The third-order valence-corrected chi connectivity index (χ3v) is 11.8. The Balaban J connectivity index is 1.56. The van der Waals surface area contributed by atoms with Gasteiger partial charge in [0.05, 0.1) is 22.8 Å². The van der Waals surface area contributed by atoms with Gasteiger partial charge in [0, 0.05) is 30.4 Å². The average molecular weight is 1040 g/mol. The Kier molecular flexibility index (Phi) is 15.5. The first-order valence-electron chi connectivity index (χ1n) is 20.7. The van der Waals surface area contributed by atoms with Crippen molar-refractivity contribution < 1.29 is 58.3 Å². The van der Waals surface area contributed by atoms with E-state index >= 15 is 9.59 Å². The number of fused-ring (bicyclic) bond motifs is 9. The quantitative estimate of drug-likeness (QED) is 0.0729. The molecule has 7 N–H and O–H groups in total. The maximum Gasteiger partial charge on any atom is 0.408 e. The van der Waals surface area contributed by atoms with Crippen molar-refractivity contribution in [1.82, 2.24) is 20.9 Å². The summed E-state index contributed by atoms with van der Waals surface area (Å²) in [6.45, 7) is 6.14. The number of halogens is 3. The summed E-state index contributed by atoms with van der Waals surface area (Å²) in [5.41, 5.74) is 0.406. The number of carbonyl (C=O) groups excluding carboxylic acids is 6. The van der Waals surface area contributed by atoms with E-state index in [0.29, 0.717) is 21.3 Å². The van der Waals surface area contributed by atoms with Gasteiger partial charge in [0.25, 0.3) is 0 Å². The number of amides is 5. The van der Waals surface area contributed by atoms with Crippen LogP contribution in [-0.2, 0) is 39.9 Å². The minimum atomic E-state index is -1.76. The van der Waals surface area contributed by atoms with Gasteiger partial charge in [-0.25, -0.2) is 9.59 Å². The van der Waals surface area contributed by atoms with Crippen molar-refractivity contribution in [3.63, 3.8) is 0 Å². The monoisotopic (exact) mass is 1030 g/mol. The van der Waals surface area contributed by atoms with E-state index in [2.05, 4.69) is 37.2 Å². The van der Waals surface area contributed by atoms with Crippen LogP contribution >= 0.6 is 39.1 Å². The van der Waals surface area contributed by atoms with E-state index in [1.165, 1.54) is 62.5 Å². The predicted molar refractivity (Wildman–Crippen MR) is 254 cm³/mol. The van der Waals surface area contributed by atoms with Gasteiger partial charge in [-0.1, -0.05) is 53.5 Å². The number of ether oxygens (including phenoxy) is 3. The van der Waals surface area contributed by atoms with Crippen molar-refractivity contribution >= 4 is 80.5 Å².